The molecule has 3 unspecified atom stereocenters. The minimum atomic E-state index is -3.53. The SMILES string of the molecule is CCCCCCCCCCCCS(=O)(=O)C(CCCCCCC)C(C)OC(OCCC)(P=O)C(=O)O. The third-order valence-corrected chi connectivity index (χ3v) is 9.66. The maximum atomic E-state index is 13.3. The highest BCUT2D eigenvalue weighted by Crippen LogP contribution is 2.32. The lowest BCUT2D eigenvalue weighted by molar-refractivity contribution is -0.217. The van der Waals surface area contributed by atoms with Crippen molar-refractivity contribution >= 4 is 24.3 Å². The third-order valence-electron chi connectivity index (χ3n) is 6.60. The molecule has 0 amide bonds. The molecule has 9 heteroatoms. The summed E-state index contributed by atoms with van der Waals surface area (Å²) in [5.74, 6) is -1.46. The Kier molecular flexibility index (Phi) is 21.0. The van der Waals surface area contributed by atoms with Gasteiger partial charge in [-0.3, -0.25) is 4.57 Å². The number of carbonyl (C=O) groups is 1. The van der Waals surface area contributed by atoms with Crippen molar-refractivity contribution in [1.29, 1.82) is 0 Å². The van der Waals surface area contributed by atoms with Gasteiger partial charge in [0.25, 0.3) is 0 Å². The van der Waals surface area contributed by atoms with Crippen LogP contribution in [0.5, 0.6) is 0 Å². The van der Waals surface area contributed by atoms with Crippen LogP contribution in [0.2, 0.25) is 0 Å². The van der Waals surface area contributed by atoms with Crippen LogP contribution in [0.15, 0.2) is 0 Å². The highest BCUT2D eigenvalue weighted by molar-refractivity contribution is 7.92. The van der Waals surface area contributed by atoms with Crippen LogP contribution in [0.3, 0.4) is 0 Å². The van der Waals surface area contributed by atoms with Gasteiger partial charge in [-0.25, -0.2) is 13.2 Å². The van der Waals surface area contributed by atoms with Gasteiger partial charge >= 0.3 is 11.5 Å². The van der Waals surface area contributed by atoms with E-state index in [2.05, 4.69) is 13.8 Å². The van der Waals surface area contributed by atoms with Gasteiger partial charge in [-0.2, -0.15) is 0 Å². The molecule has 0 saturated heterocycles. The first-order valence-corrected chi connectivity index (χ1v) is 16.8. The molecule has 36 heavy (non-hydrogen) atoms. The highest BCUT2D eigenvalue weighted by Gasteiger charge is 2.47. The first kappa shape index (κ1) is 35.4. The zero-order chi connectivity index (χ0) is 27.3. The Bertz CT molecular complexity index is 671. The predicted octanol–water partition coefficient (Wildman–Crippen LogP) is 7.91. The smallest absolute Gasteiger partial charge is 0.377 e. The summed E-state index contributed by atoms with van der Waals surface area (Å²) < 4.78 is 49.4. The Morgan fingerprint density at radius 1 is 0.806 bits per heavy atom. The van der Waals surface area contributed by atoms with Crippen LogP contribution in [0.25, 0.3) is 0 Å². The van der Waals surface area contributed by atoms with Crippen LogP contribution in [-0.2, 0) is 28.7 Å². The number of hydrogen-bond acceptors (Lipinski definition) is 6. The van der Waals surface area contributed by atoms with E-state index in [1.54, 1.807) is 13.8 Å². The first-order chi connectivity index (χ1) is 17.2. The van der Waals surface area contributed by atoms with E-state index in [4.69, 9.17) is 9.47 Å². The number of aliphatic carboxylic acids is 1. The number of carboxylic acid groups (broad SMARTS) is 1. The molecule has 7 nitrogen and oxygen atoms in total. The average Bonchev–Trinajstić information content (AvgIpc) is 2.84. The van der Waals surface area contributed by atoms with Crippen LogP contribution in [0.1, 0.15) is 137 Å². The summed E-state index contributed by atoms with van der Waals surface area (Å²) in [6.07, 6.45) is 16.0. The number of ether oxygens (including phenoxy) is 2. The summed E-state index contributed by atoms with van der Waals surface area (Å²) in [4.78, 5) is 11.9. The summed E-state index contributed by atoms with van der Waals surface area (Å²) in [5, 5.41) is 8.80. The molecule has 0 radical (unpaired) electrons. The van der Waals surface area contributed by atoms with Gasteiger partial charge in [0, 0.05) is 0 Å². The zero-order valence-corrected chi connectivity index (χ0v) is 25.1. The second-order valence-electron chi connectivity index (χ2n) is 9.94. The Hall–Kier alpha value is -0.560. The zero-order valence-electron chi connectivity index (χ0n) is 23.3. The highest BCUT2D eigenvalue weighted by atomic mass is 32.2. The second-order valence-corrected chi connectivity index (χ2v) is 13.1. The summed E-state index contributed by atoms with van der Waals surface area (Å²) in [6, 6.07) is 0. The van der Waals surface area contributed by atoms with Gasteiger partial charge in [0.15, 0.2) is 9.84 Å². The van der Waals surface area contributed by atoms with Gasteiger partial charge in [0.1, 0.15) is 0 Å². The van der Waals surface area contributed by atoms with Crippen LogP contribution in [0, 0.1) is 0 Å². The predicted molar refractivity (Wildman–Crippen MR) is 148 cm³/mol. The van der Waals surface area contributed by atoms with Crippen molar-refractivity contribution in [2.24, 2.45) is 0 Å². The van der Waals surface area contributed by atoms with E-state index in [0.29, 0.717) is 19.3 Å². The van der Waals surface area contributed by atoms with Crippen LogP contribution in [0.4, 0.5) is 0 Å². The number of carboxylic acids is 1. The lowest BCUT2D eigenvalue weighted by atomic mass is 10.1. The van der Waals surface area contributed by atoms with E-state index in [1.165, 1.54) is 38.5 Å². The molecule has 1 N–H and O–H groups in total. The minimum absolute atomic E-state index is 0.0430. The molecule has 0 fully saturated rings. The van der Waals surface area contributed by atoms with Crippen molar-refractivity contribution in [1.82, 2.24) is 0 Å². The van der Waals surface area contributed by atoms with E-state index in [9.17, 15) is 22.9 Å². The number of sulfone groups is 1. The molecule has 0 saturated carbocycles. The fourth-order valence-electron chi connectivity index (χ4n) is 4.40. The summed E-state index contributed by atoms with van der Waals surface area (Å²) in [7, 11) is -4.38. The molecule has 214 valence electrons. The average molecular weight is 553 g/mol. The molecule has 0 aromatic carbocycles. The molecule has 0 aliphatic carbocycles. The Labute approximate surface area is 222 Å². The van der Waals surface area contributed by atoms with Crippen LogP contribution in [-0.4, -0.2) is 48.7 Å². The fraction of sp³-hybridized carbons (Fsp3) is 0.963. The Morgan fingerprint density at radius 3 is 1.72 bits per heavy atom. The maximum Gasteiger partial charge on any atom is 0.377 e. The van der Waals surface area contributed by atoms with E-state index >= 15 is 0 Å². The van der Waals surface area contributed by atoms with Crippen molar-refractivity contribution in [3.05, 3.63) is 0 Å². The van der Waals surface area contributed by atoms with Crippen molar-refractivity contribution in [3.63, 3.8) is 0 Å². The topological polar surface area (TPSA) is 107 Å². The second kappa shape index (κ2) is 21.4. The molecule has 0 bridgehead atoms. The maximum absolute atomic E-state index is 13.3. The Balaban J connectivity index is 5.04. The first-order valence-electron chi connectivity index (χ1n) is 14.3. The van der Waals surface area contributed by atoms with E-state index in [0.717, 1.165) is 51.4 Å². The normalized spacial score (nSPS) is 15.6. The van der Waals surface area contributed by atoms with Gasteiger partial charge < -0.3 is 14.6 Å². The number of rotatable bonds is 26. The van der Waals surface area contributed by atoms with Gasteiger partial charge in [-0.1, -0.05) is 111 Å². The molecule has 0 rings (SSSR count). The van der Waals surface area contributed by atoms with Crippen molar-refractivity contribution < 1.29 is 32.4 Å². The van der Waals surface area contributed by atoms with Gasteiger partial charge in [0.2, 0.25) is 8.46 Å². The van der Waals surface area contributed by atoms with Crippen LogP contribution >= 0.6 is 8.46 Å². The van der Waals surface area contributed by atoms with Crippen LogP contribution < -0.4 is 0 Å². The molecule has 0 aliphatic heterocycles. The van der Waals surface area contributed by atoms with Crippen molar-refractivity contribution in [2.75, 3.05) is 12.4 Å². The monoisotopic (exact) mass is 552 g/mol. The standard InChI is InChI=1S/C27H53O7PS/c1-5-8-10-12-13-14-15-16-18-20-23-36(31,32)25(21-19-17-11-9-6-2)24(4)34-27(35-30,26(28)29)33-22-7-3/h24-25H,5-23H2,1-4H3,(H,28,29). The quantitative estimate of drug-likeness (QED) is 0.0660. The third kappa shape index (κ3) is 15.0. The molecule has 0 aromatic heterocycles. The van der Waals surface area contributed by atoms with Gasteiger partial charge in [0.05, 0.1) is 23.7 Å². The van der Waals surface area contributed by atoms with Gasteiger partial charge in [-0.05, 0) is 26.2 Å². The molecule has 0 aliphatic rings. The van der Waals surface area contributed by atoms with E-state index < -0.39 is 41.1 Å². The summed E-state index contributed by atoms with van der Waals surface area (Å²) in [5.41, 5.74) is -2.39. The minimum Gasteiger partial charge on any atom is -0.477 e. The largest absolute Gasteiger partial charge is 0.477 e. The number of hydrogen-bond donors (Lipinski definition) is 1. The Morgan fingerprint density at radius 2 is 1.28 bits per heavy atom. The molecular formula is C27H53O7PS. The molecule has 0 heterocycles. The molecule has 0 aromatic rings. The van der Waals surface area contributed by atoms with E-state index in [-0.39, 0.29) is 12.4 Å². The molecule has 3 atom stereocenters. The molecule has 0 spiro atoms. The fourth-order valence-corrected chi connectivity index (χ4v) is 6.90. The number of unbranched alkanes of at least 4 members (excludes halogenated alkanes) is 13. The van der Waals surface area contributed by atoms with Gasteiger partial charge in [-0.15, -0.1) is 0 Å². The van der Waals surface area contributed by atoms with E-state index in [1.807, 2.05) is 0 Å². The lowest BCUT2D eigenvalue weighted by Crippen LogP contribution is -2.46. The summed E-state index contributed by atoms with van der Waals surface area (Å²) in [6.45, 7) is 7.74. The molecular weight excluding hydrogens is 499 g/mol. The van der Waals surface area contributed by atoms with Crippen molar-refractivity contribution in [3.8, 4) is 0 Å². The van der Waals surface area contributed by atoms with Crippen molar-refractivity contribution in [2.45, 2.75) is 154 Å². The summed E-state index contributed by atoms with van der Waals surface area (Å²) >= 11 is 0. The lowest BCUT2D eigenvalue weighted by Gasteiger charge is -2.31.